The number of aliphatic hydroxyl groups is 1. The summed E-state index contributed by atoms with van der Waals surface area (Å²) in [5.41, 5.74) is 5.33. The first-order chi connectivity index (χ1) is 10.6. The molecule has 0 aliphatic carbocycles. The number of primary amides is 1. The maximum Gasteiger partial charge on any atom is 0.271 e. The van der Waals surface area contributed by atoms with E-state index in [9.17, 15) is 14.7 Å². The van der Waals surface area contributed by atoms with Crippen LogP contribution >= 0.6 is 0 Å². The quantitative estimate of drug-likeness (QED) is 0.783. The van der Waals surface area contributed by atoms with E-state index in [2.05, 4.69) is 5.10 Å². The van der Waals surface area contributed by atoms with Gasteiger partial charge in [0.2, 0.25) is 0 Å². The van der Waals surface area contributed by atoms with Gasteiger partial charge < -0.3 is 15.6 Å². The number of fused-ring (bicyclic) bond motifs is 1. The highest BCUT2D eigenvalue weighted by Gasteiger charge is 2.22. The first-order valence-electron chi connectivity index (χ1n) is 7.32. The molecule has 0 radical (unpaired) electrons. The van der Waals surface area contributed by atoms with Crippen molar-refractivity contribution in [3.63, 3.8) is 0 Å². The average molecular weight is 319 g/mol. The molecule has 124 valence electrons. The minimum absolute atomic E-state index is 0.0160. The minimum Gasteiger partial charge on any atom is -0.488 e. The van der Waals surface area contributed by atoms with Crippen molar-refractivity contribution in [3.8, 4) is 5.75 Å². The van der Waals surface area contributed by atoms with Crippen LogP contribution in [0.1, 0.15) is 48.5 Å². The Balaban J connectivity index is 2.54. The second-order valence-electron chi connectivity index (χ2n) is 6.39. The fraction of sp³-hybridized carbons (Fsp3) is 0.438. The number of amides is 1. The third-order valence-electron chi connectivity index (χ3n) is 3.25. The number of nitrogens with zero attached hydrogens (tertiary/aromatic N) is 2. The van der Waals surface area contributed by atoms with Gasteiger partial charge in [-0.2, -0.15) is 5.10 Å². The topological polar surface area (TPSA) is 107 Å². The molecule has 2 aromatic rings. The Labute approximate surface area is 134 Å². The highest BCUT2D eigenvalue weighted by Crippen LogP contribution is 2.24. The van der Waals surface area contributed by atoms with Crippen molar-refractivity contribution in [1.82, 2.24) is 9.61 Å². The van der Waals surface area contributed by atoms with Crippen LogP contribution in [-0.4, -0.2) is 38.6 Å². The van der Waals surface area contributed by atoms with Gasteiger partial charge in [-0.1, -0.05) is 13.8 Å². The molecule has 2 aromatic heterocycles. The number of carbonyl (C=O) groups is 2. The van der Waals surface area contributed by atoms with E-state index < -0.39 is 11.5 Å². The maximum atomic E-state index is 12.2. The SMILES string of the molecule is CC(C)C(=O)c1cnn2c(C(N)=O)c(OCC(C)(C)O)ccc12. The predicted molar refractivity (Wildman–Crippen MR) is 84.7 cm³/mol. The molecule has 0 saturated heterocycles. The first-order valence-corrected chi connectivity index (χ1v) is 7.32. The van der Waals surface area contributed by atoms with Crippen molar-refractivity contribution in [2.45, 2.75) is 33.3 Å². The van der Waals surface area contributed by atoms with E-state index in [1.54, 1.807) is 39.8 Å². The Morgan fingerprint density at radius 2 is 2.04 bits per heavy atom. The number of pyridine rings is 1. The molecule has 0 bridgehead atoms. The van der Waals surface area contributed by atoms with Crippen molar-refractivity contribution in [2.24, 2.45) is 11.7 Å². The summed E-state index contributed by atoms with van der Waals surface area (Å²) in [4.78, 5) is 24.0. The Bertz CT molecular complexity index is 757. The second-order valence-corrected chi connectivity index (χ2v) is 6.39. The smallest absolute Gasteiger partial charge is 0.271 e. The van der Waals surface area contributed by atoms with Gasteiger partial charge in [0, 0.05) is 5.92 Å². The van der Waals surface area contributed by atoms with Gasteiger partial charge in [-0.15, -0.1) is 0 Å². The zero-order chi connectivity index (χ0) is 17.4. The van der Waals surface area contributed by atoms with E-state index in [0.29, 0.717) is 11.1 Å². The zero-order valence-corrected chi connectivity index (χ0v) is 13.7. The molecule has 0 saturated carbocycles. The van der Waals surface area contributed by atoms with Gasteiger partial charge >= 0.3 is 0 Å². The lowest BCUT2D eigenvalue weighted by Gasteiger charge is -2.19. The fourth-order valence-corrected chi connectivity index (χ4v) is 2.13. The van der Waals surface area contributed by atoms with Crippen LogP contribution in [0.15, 0.2) is 18.3 Å². The van der Waals surface area contributed by atoms with Crippen LogP contribution in [0, 0.1) is 5.92 Å². The van der Waals surface area contributed by atoms with E-state index in [0.717, 1.165) is 0 Å². The number of nitrogens with two attached hydrogens (primary N) is 1. The molecule has 7 nitrogen and oxygen atoms in total. The monoisotopic (exact) mass is 319 g/mol. The van der Waals surface area contributed by atoms with Gasteiger partial charge in [0.05, 0.1) is 22.9 Å². The summed E-state index contributed by atoms with van der Waals surface area (Å²) in [6.45, 7) is 6.74. The Kier molecular flexibility index (Phi) is 4.42. The Morgan fingerprint density at radius 1 is 1.39 bits per heavy atom. The molecule has 0 aliphatic heterocycles. The summed E-state index contributed by atoms with van der Waals surface area (Å²) in [5.74, 6) is -0.779. The van der Waals surface area contributed by atoms with Gasteiger partial charge in [-0.25, -0.2) is 4.52 Å². The van der Waals surface area contributed by atoms with Crippen LogP contribution in [0.2, 0.25) is 0 Å². The molecule has 0 spiro atoms. The van der Waals surface area contributed by atoms with Crippen molar-refractivity contribution in [2.75, 3.05) is 6.61 Å². The molecular formula is C16H21N3O4. The lowest BCUT2D eigenvalue weighted by molar-refractivity contribution is 0.0278. The van der Waals surface area contributed by atoms with Gasteiger partial charge in [0.25, 0.3) is 5.91 Å². The van der Waals surface area contributed by atoms with Crippen LogP contribution in [0.4, 0.5) is 0 Å². The molecule has 7 heteroatoms. The average Bonchev–Trinajstić information content (AvgIpc) is 2.85. The lowest BCUT2D eigenvalue weighted by atomic mass is 10.0. The van der Waals surface area contributed by atoms with Crippen molar-refractivity contribution < 1.29 is 19.4 Å². The second kappa shape index (κ2) is 6.00. The normalized spacial score (nSPS) is 11.9. The van der Waals surface area contributed by atoms with Crippen molar-refractivity contribution in [3.05, 3.63) is 29.6 Å². The highest BCUT2D eigenvalue weighted by atomic mass is 16.5. The molecule has 2 heterocycles. The summed E-state index contributed by atoms with van der Waals surface area (Å²) in [5, 5.41) is 13.9. The number of hydrogen-bond donors (Lipinski definition) is 2. The third kappa shape index (κ3) is 3.50. The number of carbonyl (C=O) groups excluding carboxylic acids is 2. The van der Waals surface area contributed by atoms with Crippen LogP contribution < -0.4 is 10.5 Å². The van der Waals surface area contributed by atoms with Crippen molar-refractivity contribution in [1.29, 1.82) is 0 Å². The first kappa shape index (κ1) is 17.0. The maximum absolute atomic E-state index is 12.2. The molecule has 3 N–H and O–H groups in total. The Hall–Kier alpha value is -2.41. The molecule has 0 aromatic carbocycles. The molecule has 0 aliphatic rings. The number of aromatic nitrogens is 2. The van der Waals surface area contributed by atoms with Crippen molar-refractivity contribution >= 4 is 17.2 Å². The fourth-order valence-electron chi connectivity index (χ4n) is 2.13. The lowest BCUT2D eigenvalue weighted by Crippen LogP contribution is -2.29. The predicted octanol–water partition coefficient (Wildman–Crippen LogP) is 1.42. The van der Waals surface area contributed by atoms with E-state index in [-0.39, 0.29) is 29.8 Å². The van der Waals surface area contributed by atoms with E-state index in [1.807, 2.05) is 0 Å². The summed E-state index contributed by atoms with van der Waals surface area (Å²) in [6.07, 6.45) is 1.42. The number of Topliss-reactive ketones (excluding diaryl/α,β-unsaturated/α-hetero) is 1. The zero-order valence-electron chi connectivity index (χ0n) is 13.7. The molecule has 0 atom stereocenters. The van der Waals surface area contributed by atoms with Gasteiger partial charge in [-0.3, -0.25) is 9.59 Å². The molecule has 1 amide bonds. The van der Waals surface area contributed by atoms with E-state index in [1.165, 1.54) is 10.7 Å². The number of ether oxygens (including phenoxy) is 1. The molecule has 2 rings (SSSR count). The number of ketones is 1. The van der Waals surface area contributed by atoms with Crippen LogP contribution in [-0.2, 0) is 0 Å². The molecule has 23 heavy (non-hydrogen) atoms. The number of hydrogen-bond acceptors (Lipinski definition) is 5. The van der Waals surface area contributed by atoms with Gasteiger partial charge in [-0.05, 0) is 26.0 Å². The molecule has 0 fully saturated rings. The highest BCUT2D eigenvalue weighted by molar-refractivity contribution is 6.04. The van der Waals surface area contributed by atoms with Crippen LogP contribution in [0.25, 0.3) is 5.52 Å². The van der Waals surface area contributed by atoms with Gasteiger partial charge in [0.15, 0.2) is 17.2 Å². The molecular weight excluding hydrogens is 298 g/mol. The summed E-state index contributed by atoms with van der Waals surface area (Å²) < 4.78 is 6.79. The van der Waals surface area contributed by atoms with Gasteiger partial charge in [0.1, 0.15) is 6.61 Å². The largest absolute Gasteiger partial charge is 0.488 e. The van der Waals surface area contributed by atoms with Crippen LogP contribution in [0.5, 0.6) is 5.75 Å². The third-order valence-corrected chi connectivity index (χ3v) is 3.25. The molecule has 0 unspecified atom stereocenters. The number of rotatable bonds is 6. The van der Waals surface area contributed by atoms with Crippen LogP contribution in [0.3, 0.4) is 0 Å². The van der Waals surface area contributed by atoms with E-state index >= 15 is 0 Å². The Morgan fingerprint density at radius 3 is 2.57 bits per heavy atom. The summed E-state index contributed by atoms with van der Waals surface area (Å²) >= 11 is 0. The standard InChI is InChI=1S/C16H21N3O4/c1-9(2)14(20)10-7-18-19-11(10)5-6-12(13(19)15(17)21)23-8-16(3,4)22/h5-7,9,22H,8H2,1-4H3,(H2,17,21). The minimum atomic E-state index is -1.06. The van der Waals surface area contributed by atoms with E-state index in [4.69, 9.17) is 10.5 Å². The summed E-state index contributed by atoms with van der Waals surface area (Å²) in [6, 6.07) is 3.20. The summed E-state index contributed by atoms with van der Waals surface area (Å²) in [7, 11) is 0.